The molecule has 2 aromatic rings. The van der Waals surface area contributed by atoms with Gasteiger partial charge in [0.1, 0.15) is 0 Å². The molecule has 166 valence electrons. The Morgan fingerprint density at radius 1 is 1.03 bits per heavy atom. The number of H-pyrrole nitrogens is 1. The molecule has 0 radical (unpaired) electrons. The number of morpholine rings is 1. The van der Waals surface area contributed by atoms with Gasteiger partial charge in [0.15, 0.2) is 0 Å². The van der Waals surface area contributed by atoms with Crippen molar-refractivity contribution in [3.63, 3.8) is 0 Å². The summed E-state index contributed by atoms with van der Waals surface area (Å²) >= 11 is 0. The number of rotatable bonds is 3. The number of ether oxygens (including phenoxy) is 2. The summed E-state index contributed by atoms with van der Waals surface area (Å²) in [5.41, 5.74) is 1.56. The molecule has 3 fully saturated rings. The Morgan fingerprint density at radius 3 is 2.65 bits per heavy atom. The van der Waals surface area contributed by atoms with Gasteiger partial charge >= 0.3 is 0 Å². The molecule has 1 aromatic carbocycles. The second-order valence-electron chi connectivity index (χ2n) is 9.12. The molecular formula is C24H31N3O4. The maximum absolute atomic E-state index is 13.2. The quantitative estimate of drug-likeness (QED) is 0.821. The number of aromatic nitrogens is 1. The zero-order valence-electron chi connectivity index (χ0n) is 18.0. The normalized spacial score (nSPS) is 23.9. The van der Waals surface area contributed by atoms with E-state index in [-0.39, 0.29) is 17.4 Å². The molecule has 0 aliphatic carbocycles. The summed E-state index contributed by atoms with van der Waals surface area (Å²) in [7, 11) is 0. The number of hydrogen-bond donors (Lipinski definition) is 1. The van der Waals surface area contributed by atoms with Gasteiger partial charge in [0.05, 0.1) is 18.8 Å². The van der Waals surface area contributed by atoms with E-state index in [4.69, 9.17) is 9.47 Å². The summed E-state index contributed by atoms with van der Waals surface area (Å²) in [6.07, 6.45) is 6.01. The summed E-state index contributed by atoms with van der Waals surface area (Å²) in [6, 6.07) is 7.80. The Labute approximate surface area is 182 Å². The molecule has 0 saturated carbocycles. The third-order valence-corrected chi connectivity index (χ3v) is 7.21. The standard InChI is InChI=1S/C24H31N3O4/c28-22(26-11-14-30-15-12-26)16-18-5-13-31-24(17-18)6-9-27(10-7-24)23(29)20-2-1-3-21-19(20)4-8-25-21/h1-4,8,18,25H,5-7,9-17H2. The molecule has 2 amide bonds. The minimum Gasteiger partial charge on any atom is -0.378 e. The number of likely N-dealkylation sites (tertiary alicyclic amines) is 1. The first-order chi connectivity index (χ1) is 15.1. The molecule has 3 aliphatic rings. The Kier molecular flexibility index (Phi) is 5.71. The van der Waals surface area contributed by atoms with Crippen LogP contribution in [0.4, 0.5) is 0 Å². The van der Waals surface area contributed by atoms with Gasteiger partial charge in [0.2, 0.25) is 5.91 Å². The number of benzene rings is 1. The van der Waals surface area contributed by atoms with E-state index in [1.807, 2.05) is 40.3 Å². The van der Waals surface area contributed by atoms with Crippen molar-refractivity contribution in [2.24, 2.45) is 5.92 Å². The van der Waals surface area contributed by atoms with Crippen molar-refractivity contribution in [1.82, 2.24) is 14.8 Å². The fourth-order valence-corrected chi connectivity index (χ4v) is 5.40. The molecule has 1 unspecified atom stereocenters. The van der Waals surface area contributed by atoms with Gasteiger partial charge in [0, 0.05) is 61.9 Å². The van der Waals surface area contributed by atoms with Crippen LogP contribution in [0.1, 0.15) is 42.5 Å². The zero-order valence-corrected chi connectivity index (χ0v) is 18.0. The number of piperidine rings is 1. The molecule has 4 heterocycles. The van der Waals surface area contributed by atoms with E-state index >= 15 is 0 Å². The smallest absolute Gasteiger partial charge is 0.254 e. The van der Waals surface area contributed by atoms with Gasteiger partial charge in [-0.15, -0.1) is 0 Å². The van der Waals surface area contributed by atoms with Crippen LogP contribution in [0.3, 0.4) is 0 Å². The Hall–Kier alpha value is -2.38. The van der Waals surface area contributed by atoms with Crippen molar-refractivity contribution in [1.29, 1.82) is 0 Å². The first-order valence-electron chi connectivity index (χ1n) is 11.5. The van der Waals surface area contributed by atoms with Gasteiger partial charge in [-0.1, -0.05) is 6.07 Å². The van der Waals surface area contributed by atoms with Crippen molar-refractivity contribution >= 4 is 22.7 Å². The number of nitrogens with zero attached hydrogens (tertiary/aromatic N) is 2. The highest BCUT2D eigenvalue weighted by atomic mass is 16.5. The Bertz CT molecular complexity index is 941. The fraction of sp³-hybridized carbons (Fsp3) is 0.583. The minimum atomic E-state index is -0.189. The largest absolute Gasteiger partial charge is 0.378 e. The molecule has 1 spiro atoms. The molecule has 31 heavy (non-hydrogen) atoms. The number of carbonyl (C=O) groups is 2. The van der Waals surface area contributed by atoms with Crippen LogP contribution in [-0.4, -0.2) is 78.2 Å². The Morgan fingerprint density at radius 2 is 1.84 bits per heavy atom. The molecule has 3 aliphatic heterocycles. The van der Waals surface area contributed by atoms with Gasteiger partial charge in [-0.3, -0.25) is 9.59 Å². The number of carbonyl (C=O) groups excluding carboxylic acids is 2. The van der Waals surface area contributed by atoms with Crippen molar-refractivity contribution in [3.05, 3.63) is 36.0 Å². The zero-order chi connectivity index (χ0) is 21.3. The maximum Gasteiger partial charge on any atom is 0.254 e. The lowest BCUT2D eigenvalue weighted by Gasteiger charge is -2.46. The van der Waals surface area contributed by atoms with E-state index in [0.29, 0.717) is 58.3 Å². The lowest BCUT2D eigenvalue weighted by atomic mass is 9.78. The topological polar surface area (TPSA) is 74.9 Å². The lowest BCUT2D eigenvalue weighted by Crippen LogP contribution is -2.51. The third kappa shape index (κ3) is 4.21. The molecule has 3 saturated heterocycles. The number of nitrogens with one attached hydrogen (secondary N) is 1. The molecule has 0 bridgehead atoms. The molecule has 1 aromatic heterocycles. The highest BCUT2D eigenvalue weighted by Crippen LogP contribution is 2.39. The van der Waals surface area contributed by atoms with E-state index in [1.54, 1.807) is 0 Å². The van der Waals surface area contributed by atoms with Crippen LogP contribution in [0, 0.1) is 5.92 Å². The molecule has 1 N–H and O–H groups in total. The third-order valence-electron chi connectivity index (χ3n) is 7.21. The van der Waals surface area contributed by atoms with E-state index in [2.05, 4.69) is 4.98 Å². The van der Waals surface area contributed by atoms with Crippen molar-refractivity contribution in [3.8, 4) is 0 Å². The summed E-state index contributed by atoms with van der Waals surface area (Å²) < 4.78 is 11.6. The maximum atomic E-state index is 13.2. The van der Waals surface area contributed by atoms with Crippen LogP contribution in [0.5, 0.6) is 0 Å². The number of amides is 2. The van der Waals surface area contributed by atoms with E-state index < -0.39 is 0 Å². The van der Waals surface area contributed by atoms with Crippen molar-refractivity contribution in [2.45, 2.75) is 37.7 Å². The van der Waals surface area contributed by atoms with E-state index in [9.17, 15) is 9.59 Å². The molecule has 1 atom stereocenters. The average molecular weight is 426 g/mol. The highest BCUT2D eigenvalue weighted by Gasteiger charge is 2.42. The second kappa shape index (κ2) is 8.63. The number of aromatic amines is 1. The highest BCUT2D eigenvalue weighted by molar-refractivity contribution is 6.06. The van der Waals surface area contributed by atoms with Crippen LogP contribution in [-0.2, 0) is 14.3 Å². The van der Waals surface area contributed by atoms with E-state index in [0.717, 1.165) is 42.1 Å². The minimum absolute atomic E-state index is 0.0925. The monoisotopic (exact) mass is 425 g/mol. The fourth-order valence-electron chi connectivity index (χ4n) is 5.40. The lowest BCUT2D eigenvalue weighted by molar-refractivity contribution is -0.143. The summed E-state index contributed by atoms with van der Waals surface area (Å²) in [6.45, 7) is 4.80. The van der Waals surface area contributed by atoms with Gasteiger partial charge in [0.25, 0.3) is 5.91 Å². The predicted molar refractivity (Wildman–Crippen MR) is 117 cm³/mol. The average Bonchev–Trinajstić information content (AvgIpc) is 3.29. The van der Waals surface area contributed by atoms with E-state index in [1.165, 1.54) is 0 Å². The van der Waals surface area contributed by atoms with Gasteiger partial charge in [-0.05, 0) is 49.8 Å². The Balaban J connectivity index is 1.19. The van der Waals surface area contributed by atoms with Crippen molar-refractivity contribution < 1.29 is 19.1 Å². The first-order valence-corrected chi connectivity index (χ1v) is 11.5. The summed E-state index contributed by atoms with van der Waals surface area (Å²) in [4.78, 5) is 32.9. The van der Waals surface area contributed by atoms with Crippen LogP contribution in [0.25, 0.3) is 10.9 Å². The van der Waals surface area contributed by atoms with Crippen LogP contribution >= 0.6 is 0 Å². The molecule has 5 rings (SSSR count). The van der Waals surface area contributed by atoms with Gasteiger partial charge in [-0.25, -0.2) is 0 Å². The van der Waals surface area contributed by atoms with Gasteiger partial charge < -0.3 is 24.3 Å². The number of fused-ring (bicyclic) bond motifs is 1. The van der Waals surface area contributed by atoms with Crippen LogP contribution in [0.15, 0.2) is 30.5 Å². The summed E-state index contributed by atoms with van der Waals surface area (Å²) in [5.74, 6) is 0.701. The van der Waals surface area contributed by atoms with Gasteiger partial charge in [-0.2, -0.15) is 0 Å². The predicted octanol–water partition coefficient (Wildman–Crippen LogP) is 2.82. The molecular weight excluding hydrogens is 394 g/mol. The molecule has 7 nitrogen and oxygen atoms in total. The van der Waals surface area contributed by atoms with Crippen molar-refractivity contribution in [2.75, 3.05) is 46.0 Å². The molecule has 7 heteroatoms. The SMILES string of the molecule is O=C(CC1CCOC2(CCN(C(=O)c3cccc4[nH]ccc34)CC2)C1)N1CCOCC1. The van der Waals surface area contributed by atoms with Crippen LogP contribution < -0.4 is 0 Å². The number of hydrogen-bond acceptors (Lipinski definition) is 4. The second-order valence-corrected chi connectivity index (χ2v) is 9.12. The van der Waals surface area contributed by atoms with Crippen LogP contribution in [0.2, 0.25) is 0 Å². The first kappa shape index (κ1) is 20.5. The summed E-state index contributed by atoms with van der Waals surface area (Å²) in [5, 5.41) is 0.975.